The molecule has 3 rings (SSSR count). The maximum atomic E-state index is 11.0. The van der Waals surface area contributed by atoms with Crippen LogP contribution in [0.15, 0.2) is 42.7 Å². The molecule has 0 bridgehead atoms. The van der Waals surface area contributed by atoms with E-state index < -0.39 is 4.92 Å². The predicted octanol–water partition coefficient (Wildman–Crippen LogP) is 3.62. The van der Waals surface area contributed by atoms with Gasteiger partial charge in [0.05, 0.1) is 35.6 Å². The number of pyridine rings is 1. The lowest BCUT2D eigenvalue weighted by molar-refractivity contribution is -0.385. The van der Waals surface area contributed by atoms with Crippen LogP contribution in [-0.2, 0) is 0 Å². The number of methoxy groups -OCH3 is 1. The molecule has 0 spiro atoms. The van der Waals surface area contributed by atoms with Gasteiger partial charge in [-0.1, -0.05) is 0 Å². The molecule has 0 fully saturated rings. The van der Waals surface area contributed by atoms with Crippen molar-refractivity contribution >= 4 is 23.0 Å². The standard InChI is InChI=1S/C18H14N4O3/c1-12-5-6-21-15(11-20-18(21)7-12)8-14(10-19)13-3-4-16(22(23)24)17(9-13)25-2/h3-9,11H,1-2H3/b14-8+. The molecule has 0 atom stereocenters. The van der Waals surface area contributed by atoms with E-state index in [4.69, 9.17) is 4.74 Å². The van der Waals surface area contributed by atoms with Gasteiger partial charge in [0, 0.05) is 12.3 Å². The first-order chi connectivity index (χ1) is 12.0. The highest BCUT2D eigenvalue weighted by Gasteiger charge is 2.16. The number of rotatable bonds is 4. The molecule has 2 heterocycles. The third-order valence-corrected chi connectivity index (χ3v) is 3.80. The summed E-state index contributed by atoms with van der Waals surface area (Å²) in [4.78, 5) is 14.8. The first-order valence-corrected chi connectivity index (χ1v) is 7.42. The van der Waals surface area contributed by atoms with Gasteiger partial charge in [-0.05, 0) is 48.4 Å². The number of benzene rings is 1. The Morgan fingerprint density at radius 2 is 2.20 bits per heavy atom. The molecule has 25 heavy (non-hydrogen) atoms. The second-order valence-corrected chi connectivity index (χ2v) is 5.43. The van der Waals surface area contributed by atoms with E-state index in [0.29, 0.717) is 11.1 Å². The molecule has 0 saturated carbocycles. The third-order valence-electron chi connectivity index (χ3n) is 3.80. The van der Waals surface area contributed by atoms with Crippen LogP contribution in [0.4, 0.5) is 5.69 Å². The summed E-state index contributed by atoms with van der Waals surface area (Å²) in [7, 11) is 1.36. The zero-order valence-corrected chi connectivity index (χ0v) is 13.6. The summed E-state index contributed by atoms with van der Waals surface area (Å²) in [5.74, 6) is 0.109. The van der Waals surface area contributed by atoms with Gasteiger partial charge < -0.3 is 9.14 Å². The predicted molar refractivity (Wildman–Crippen MR) is 93.1 cm³/mol. The Morgan fingerprint density at radius 1 is 1.40 bits per heavy atom. The van der Waals surface area contributed by atoms with Gasteiger partial charge in [0.2, 0.25) is 0 Å². The lowest BCUT2D eigenvalue weighted by atomic mass is 10.0. The zero-order valence-electron chi connectivity index (χ0n) is 13.6. The lowest BCUT2D eigenvalue weighted by Gasteiger charge is -2.05. The van der Waals surface area contributed by atoms with E-state index in [9.17, 15) is 15.4 Å². The van der Waals surface area contributed by atoms with Crippen LogP contribution in [0.1, 0.15) is 16.8 Å². The van der Waals surface area contributed by atoms with Gasteiger partial charge in [0.1, 0.15) is 5.65 Å². The number of nitro benzene ring substituents is 1. The number of nitriles is 1. The monoisotopic (exact) mass is 334 g/mol. The Labute approximate surface area is 143 Å². The summed E-state index contributed by atoms with van der Waals surface area (Å²) in [5, 5.41) is 20.5. The molecule has 0 amide bonds. The summed E-state index contributed by atoms with van der Waals surface area (Å²) in [6, 6.07) is 10.4. The second-order valence-electron chi connectivity index (χ2n) is 5.43. The smallest absolute Gasteiger partial charge is 0.310 e. The first kappa shape index (κ1) is 16.2. The largest absolute Gasteiger partial charge is 0.490 e. The van der Waals surface area contributed by atoms with Crippen molar-refractivity contribution in [2.75, 3.05) is 7.11 Å². The van der Waals surface area contributed by atoms with E-state index in [1.807, 2.05) is 29.7 Å². The van der Waals surface area contributed by atoms with Crippen molar-refractivity contribution < 1.29 is 9.66 Å². The average Bonchev–Trinajstić information content (AvgIpc) is 3.00. The Morgan fingerprint density at radius 3 is 2.88 bits per heavy atom. The minimum atomic E-state index is -0.523. The Balaban J connectivity index is 2.09. The van der Waals surface area contributed by atoms with Gasteiger partial charge in [-0.25, -0.2) is 4.98 Å². The van der Waals surface area contributed by atoms with Crippen molar-refractivity contribution in [1.29, 1.82) is 5.26 Å². The minimum Gasteiger partial charge on any atom is -0.490 e. The fourth-order valence-electron chi connectivity index (χ4n) is 2.53. The van der Waals surface area contributed by atoms with E-state index in [1.165, 1.54) is 25.3 Å². The molecule has 0 aliphatic heterocycles. The van der Waals surface area contributed by atoms with Crippen LogP contribution in [0.3, 0.4) is 0 Å². The maximum Gasteiger partial charge on any atom is 0.310 e. The van der Waals surface area contributed by atoms with E-state index >= 15 is 0 Å². The molecule has 0 radical (unpaired) electrons. The number of aryl methyl sites for hydroxylation is 1. The normalized spacial score (nSPS) is 11.3. The highest BCUT2D eigenvalue weighted by molar-refractivity contribution is 5.90. The van der Waals surface area contributed by atoms with Crippen LogP contribution in [-0.4, -0.2) is 21.4 Å². The minimum absolute atomic E-state index is 0.109. The topological polar surface area (TPSA) is 93.5 Å². The first-order valence-electron chi connectivity index (χ1n) is 7.42. The molecule has 0 saturated heterocycles. The van der Waals surface area contributed by atoms with Crippen molar-refractivity contribution in [2.45, 2.75) is 6.92 Å². The van der Waals surface area contributed by atoms with Gasteiger partial charge in [-0.3, -0.25) is 10.1 Å². The molecule has 1 aromatic carbocycles. The van der Waals surface area contributed by atoms with Crippen molar-refractivity contribution in [2.24, 2.45) is 0 Å². The van der Waals surface area contributed by atoms with Crippen molar-refractivity contribution in [1.82, 2.24) is 9.38 Å². The quantitative estimate of drug-likeness (QED) is 0.412. The molecule has 0 aliphatic carbocycles. The summed E-state index contributed by atoms with van der Waals surface area (Å²) < 4.78 is 6.93. The Hall–Kier alpha value is -3.66. The van der Waals surface area contributed by atoms with Gasteiger partial charge in [0.25, 0.3) is 0 Å². The van der Waals surface area contributed by atoms with Crippen LogP contribution >= 0.6 is 0 Å². The van der Waals surface area contributed by atoms with Gasteiger partial charge in [-0.15, -0.1) is 0 Å². The number of allylic oxidation sites excluding steroid dienone is 1. The number of imidazole rings is 1. The summed E-state index contributed by atoms with van der Waals surface area (Å²) in [6.07, 6.45) is 5.25. The molecule has 0 aliphatic rings. The fourth-order valence-corrected chi connectivity index (χ4v) is 2.53. The fraction of sp³-hybridized carbons (Fsp3) is 0.111. The summed E-state index contributed by atoms with van der Waals surface area (Å²) in [6.45, 7) is 1.98. The van der Waals surface area contributed by atoms with Crippen LogP contribution < -0.4 is 4.74 Å². The van der Waals surface area contributed by atoms with E-state index in [1.54, 1.807) is 12.3 Å². The summed E-state index contributed by atoms with van der Waals surface area (Å²) in [5.41, 5.74) is 3.36. The number of nitrogens with zero attached hydrogens (tertiary/aromatic N) is 4. The Kier molecular flexibility index (Phi) is 4.18. The molecule has 0 unspecified atom stereocenters. The van der Waals surface area contributed by atoms with Crippen LogP contribution in [0.5, 0.6) is 5.75 Å². The summed E-state index contributed by atoms with van der Waals surface area (Å²) >= 11 is 0. The SMILES string of the molecule is COc1cc(/C(C#N)=C/c2cnc3cc(C)ccn23)ccc1[N+](=O)[O-]. The van der Waals surface area contributed by atoms with Gasteiger partial charge in [-0.2, -0.15) is 5.26 Å². The van der Waals surface area contributed by atoms with Gasteiger partial charge >= 0.3 is 5.69 Å². The molecule has 124 valence electrons. The molecule has 3 aromatic rings. The van der Waals surface area contributed by atoms with Gasteiger partial charge in [0.15, 0.2) is 5.75 Å². The lowest BCUT2D eigenvalue weighted by Crippen LogP contribution is -1.95. The second kappa shape index (κ2) is 6.45. The van der Waals surface area contributed by atoms with Crippen LogP contribution in [0.25, 0.3) is 17.3 Å². The molecular formula is C18H14N4O3. The highest BCUT2D eigenvalue weighted by atomic mass is 16.6. The molecule has 2 aromatic heterocycles. The average molecular weight is 334 g/mol. The molecular weight excluding hydrogens is 320 g/mol. The van der Waals surface area contributed by atoms with Crippen molar-refractivity contribution in [3.8, 4) is 11.8 Å². The molecule has 7 heteroatoms. The van der Waals surface area contributed by atoms with Crippen molar-refractivity contribution in [3.05, 3.63) is 69.7 Å². The Bertz CT molecular complexity index is 1040. The number of aromatic nitrogens is 2. The highest BCUT2D eigenvalue weighted by Crippen LogP contribution is 2.30. The number of nitro groups is 1. The number of hydrogen-bond donors (Lipinski definition) is 0. The molecule has 7 nitrogen and oxygen atoms in total. The van der Waals surface area contributed by atoms with E-state index in [0.717, 1.165) is 16.9 Å². The van der Waals surface area contributed by atoms with Crippen molar-refractivity contribution in [3.63, 3.8) is 0 Å². The van der Waals surface area contributed by atoms with E-state index in [-0.39, 0.29) is 11.4 Å². The third kappa shape index (κ3) is 3.05. The number of ether oxygens (including phenoxy) is 1. The number of hydrogen-bond acceptors (Lipinski definition) is 5. The molecule has 0 N–H and O–H groups in total. The van der Waals surface area contributed by atoms with Crippen LogP contribution in [0, 0.1) is 28.4 Å². The van der Waals surface area contributed by atoms with E-state index in [2.05, 4.69) is 11.1 Å². The maximum absolute atomic E-state index is 11.0. The number of fused-ring (bicyclic) bond motifs is 1. The zero-order chi connectivity index (χ0) is 18.0. The van der Waals surface area contributed by atoms with Crippen LogP contribution in [0.2, 0.25) is 0 Å².